The average Bonchev–Trinajstić information content (AvgIpc) is 2.65. The summed E-state index contributed by atoms with van der Waals surface area (Å²) in [5, 5.41) is 4.76. The lowest BCUT2D eigenvalue weighted by Gasteiger charge is -2.12. The third-order valence-electron chi connectivity index (χ3n) is 4.07. The van der Waals surface area contributed by atoms with Crippen molar-refractivity contribution in [2.24, 2.45) is 0 Å². The fourth-order valence-electron chi connectivity index (χ4n) is 2.71. The van der Waals surface area contributed by atoms with Crippen molar-refractivity contribution in [1.82, 2.24) is 10.3 Å². The molecule has 0 fully saturated rings. The van der Waals surface area contributed by atoms with Gasteiger partial charge in [-0.3, -0.25) is 4.79 Å². The van der Waals surface area contributed by atoms with Gasteiger partial charge < -0.3 is 15.0 Å². The summed E-state index contributed by atoms with van der Waals surface area (Å²) in [7, 11) is 5.52. The molecule has 1 heterocycles. The third-order valence-corrected chi connectivity index (χ3v) is 4.07. The topological polar surface area (TPSA) is 54.5 Å². The van der Waals surface area contributed by atoms with Gasteiger partial charge in [-0.25, -0.2) is 4.98 Å². The van der Waals surface area contributed by atoms with Crippen molar-refractivity contribution in [3.8, 4) is 5.75 Å². The van der Waals surface area contributed by atoms with Crippen molar-refractivity contribution in [3.05, 3.63) is 65.9 Å². The number of aromatic nitrogens is 1. The fourth-order valence-corrected chi connectivity index (χ4v) is 2.71. The van der Waals surface area contributed by atoms with Gasteiger partial charge in [-0.05, 0) is 29.1 Å². The van der Waals surface area contributed by atoms with E-state index in [2.05, 4.69) is 10.3 Å². The van der Waals surface area contributed by atoms with Gasteiger partial charge in [-0.15, -0.1) is 0 Å². The van der Waals surface area contributed by atoms with Gasteiger partial charge >= 0.3 is 0 Å². The molecule has 0 saturated carbocycles. The Morgan fingerprint density at radius 2 is 1.84 bits per heavy atom. The molecule has 0 spiro atoms. The van der Waals surface area contributed by atoms with Crippen molar-refractivity contribution < 1.29 is 9.53 Å². The zero-order valence-electron chi connectivity index (χ0n) is 14.6. The second-order valence-electron chi connectivity index (χ2n) is 5.96. The van der Waals surface area contributed by atoms with Crippen LogP contribution in [-0.2, 0) is 6.54 Å². The van der Waals surface area contributed by atoms with E-state index in [1.165, 1.54) is 0 Å². The number of carbonyl (C=O) groups excluding carboxylic acids is 1. The van der Waals surface area contributed by atoms with E-state index in [1.54, 1.807) is 19.4 Å². The molecule has 0 radical (unpaired) electrons. The van der Waals surface area contributed by atoms with Crippen LogP contribution in [0.25, 0.3) is 10.8 Å². The number of ether oxygens (including phenoxy) is 1. The molecule has 128 valence electrons. The molecule has 25 heavy (non-hydrogen) atoms. The molecule has 1 aromatic heterocycles. The van der Waals surface area contributed by atoms with Crippen LogP contribution in [0.2, 0.25) is 0 Å². The molecule has 0 unspecified atom stereocenters. The highest BCUT2D eigenvalue weighted by atomic mass is 16.5. The Morgan fingerprint density at radius 1 is 1.08 bits per heavy atom. The summed E-state index contributed by atoms with van der Waals surface area (Å²) >= 11 is 0. The lowest BCUT2D eigenvalue weighted by molar-refractivity contribution is 0.0952. The molecule has 0 aliphatic carbocycles. The smallest absolute Gasteiger partial charge is 0.252 e. The van der Waals surface area contributed by atoms with E-state index >= 15 is 0 Å². The molecular weight excluding hydrogens is 314 g/mol. The molecule has 5 nitrogen and oxygen atoms in total. The number of pyridine rings is 1. The van der Waals surface area contributed by atoms with E-state index in [-0.39, 0.29) is 5.91 Å². The molecule has 3 aromatic rings. The zero-order chi connectivity index (χ0) is 17.8. The molecule has 0 bridgehead atoms. The summed E-state index contributed by atoms with van der Waals surface area (Å²) in [4.78, 5) is 18.9. The second-order valence-corrected chi connectivity index (χ2v) is 5.96. The summed E-state index contributed by atoms with van der Waals surface area (Å²) in [5.74, 6) is 1.53. The van der Waals surface area contributed by atoms with Gasteiger partial charge in [0.15, 0.2) is 0 Å². The summed E-state index contributed by atoms with van der Waals surface area (Å²) in [6.45, 7) is 0.430. The maximum absolute atomic E-state index is 12.6. The molecular formula is C20H21N3O2. The van der Waals surface area contributed by atoms with Crippen LogP contribution in [0.5, 0.6) is 5.75 Å². The first kappa shape index (κ1) is 16.8. The summed E-state index contributed by atoms with van der Waals surface area (Å²) < 4.78 is 5.38. The van der Waals surface area contributed by atoms with Crippen LogP contribution in [0.1, 0.15) is 15.9 Å². The first-order chi connectivity index (χ1) is 12.1. The average molecular weight is 335 g/mol. The highest BCUT2D eigenvalue weighted by Crippen LogP contribution is 2.28. The predicted molar refractivity (Wildman–Crippen MR) is 100 cm³/mol. The first-order valence-corrected chi connectivity index (χ1v) is 8.06. The standard InChI is InChI=1S/C20H21N3O2/c1-23(2)19-11-8-14(12-21-19)13-22-20(24)17-9-10-18(25-3)16-7-5-4-6-15(16)17/h4-12H,13H2,1-3H3,(H,22,24). The van der Waals surface area contributed by atoms with Crippen LogP contribution < -0.4 is 15.0 Å². The molecule has 0 aliphatic rings. The number of hydrogen-bond acceptors (Lipinski definition) is 4. The maximum atomic E-state index is 12.6. The number of methoxy groups -OCH3 is 1. The Morgan fingerprint density at radius 3 is 2.48 bits per heavy atom. The quantitative estimate of drug-likeness (QED) is 0.778. The minimum Gasteiger partial charge on any atom is -0.496 e. The van der Waals surface area contributed by atoms with Crippen LogP contribution >= 0.6 is 0 Å². The molecule has 0 aliphatic heterocycles. The van der Waals surface area contributed by atoms with Crippen LogP contribution in [0.3, 0.4) is 0 Å². The fraction of sp³-hybridized carbons (Fsp3) is 0.200. The Kier molecular flexibility index (Phi) is 4.84. The van der Waals surface area contributed by atoms with Gasteiger partial charge in [0, 0.05) is 37.8 Å². The van der Waals surface area contributed by atoms with Crippen LogP contribution in [-0.4, -0.2) is 32.1 Å². The molecule has 2 aromatic carbocycles. The highest BCUT2D eigenvalue weighted by Gasteiger charge is 2.12. The normalized spacial score (nSPS) is 10.5. The van der Waals surface area contributed by atoms with Gasteiger partial charge in [0.2, 0.25) is 0 Å². The molecule has 1 N–H and O–H groups in total. The largest absolute Gasteiger partial charge is 0.496 e. The number of benzene rings is 2. The minimum absolute atomic E-state index is 0.115. The molecule has 3 rings (SSSR count). The zero-order valence-corrected chi connectivity index (χ0v) is 14.6. The lowest BCUT2D eigenvalue weighted by Crippen LogP contribution is -2.23. The molecule has 1 amide bonds. The van der Waals surface area contributed by atoms with E-state index in [0.717, 1.165) is 27.9 Å². The number of anilines is 1. The molecule has 0 atom stereocenters. The van der Waals surface area contributed by atoms with E-state index in [1.807, 2.05) is 61.5 Å². The van der Waals surface area contributed by atoms with E-state index in [0.29, 0.717) is 12.1 Å². The predicted octanol–water partition coefficient (Wildman–Crippen LogP) is 3.24. The lowest BCUT2D eigenvalue weighted by atomic mass is 10.0. The van der Waals surface area contributed by atoms with Gasteiger partial charge in [0.1, 0.15) is 11.6 Å². The van der Waals surface area contributed by atoms with E-state index in [4.69, 9.17) is 4.74 Å². The SMILES string of the molecule is COc1ccc(C(=O)NCc2ccc(N(C)C)nc2)c2ccccc12. The number of amides is 1. The van der Waals surface area contributed by atoms with Crippen molar-refractivity contribution >= 4 is 22.5 Å². The number of rotatable bonds is 5. The number of carbonyl (C=O) groups is 1. The van der Waals surface area contributed by atoms with Crippen LogP contribution in [0.15, 0.2) is 54.7 Å². The number of fused-ring (bicyclic) bond motifs is 1. The maximum Gasteiger partial charge on any atom is 0.252 e. The van der Waals surface area contributed by atoms with Crippen molar-refractivity contribution in [1.29, 1.82) is 0 Å². The second kappa shape index (κ2) is 7.21. The van der Waals surface area contributed by atoms with Gasteiger partial charge in [-0.2, -0.15) is 0 Å². The highest BCUT2D eigenvalue weighted by molar-refractivity contribution is 6.08. The third kappa shape index (κ3) is 3.55. The van der Waals surface area contributed by atoms with Gasteiger partial charge in [-0.1, -0.05) is 30.3 Å². The monoisotopic (exact) mass is 335 g/mol. The van der Waals surface area contributed by atoms with Crippen molar-refractivity contribution in [2.75, 3.05) is 26.1 Å². The number of nitrogens with zero attached hydrogens (tertiary/aromatic N) is 2. The number of nitrogens with one attached hydrogen (secondary N) is 1. The molecule has 5 heteroatoms. The Labute approximate surface area is 147 Å². The van der Waals surface area contributed by atoms with E-state index in [9.17, 15) is 4.79 Å². The van der Waals surface area contributed by atoms with E-state index < -0.39 is 0 Å². The molecule has 0 saturated heterocycles. The van der Waals surface area contributed by atoms with Gasteiger partial charge in [0.25, 0.3) is 5.91 Å². The Balaban J connectivity index is 1.79. The summed E-state index contributed by atoms with van der Waals surface area (Å²) in [5.41, 5.74) is 1.59. The number of hydrogen-bond donors (Lipinski definition) is 1. The minimum atomic E-state index is -0.115. The first-order valence-electron chi connectivity index (χ1n) is 8.06. The summed E-state index contributed by atoms with van der Waals surface area (Å²) in [6, 6.07) is 15.3. The van der Waals surface area contributed by atoms with Crippen molar-refractivity contribution in [2.45, 2.75) is 6.54 Å². The Hall–Kier alpha value is -3.08. The van der Waals surface area contributed by atoms with Crippen molar-refractivity contribution in [3.63, 3.8) is 0 Å². The summed E-state index contributed by atoms with van der Waals surface area (Å²) in [6.07, 6.45) is 1.78. The van der Waals surface area contributed by atoms with Gasteiger partial charge in [0.05, 0.1) is 7.11 Å². The Bertz CT molecular complexity index is 889. The van der Waals surface area contributed by atoms with Crippen LogP contribution in [0, 0.1) is 0 Å². The van der Waals surface area contributed by atoms with Crippen LogP contribution in [0.4, 0.5) is 5.82 Å².